The normalized spacial score (nSPS) is 24.2. The minimum atomic E-state index is -2.77. The van der Waals surface area contributed by atoms with Gasteiger partial charge in [0.1, 0.15) is 0 Å². The average molecular weight is 229 g/mol. The molecule has 1 aliphatic rings. The van der Waals surface area contributed by atoms with Crippen LogP contribution in [0.2, 0.25) is 0 Å². The molecule has 2 rings (SSSR count). The quantitative estimate of drug-likeness (QED) is 0.813. The third-order valence-corrected chi connectivity index (χ3v) is 4.56. The molecule has 84 valence electrons. The van der Waals surface area contributed by atoms with Crippen LogP contribution in [-0.4, -0.2) is 36.5 Å². The minimum absolute atomic E-state index is 0.233. The van der Waals surface area contributed by atoms with Crippen molar-refractivity contribution < 1.29 is 8.42 Å². The monoisotopic (exact) mass is 229 g/mol. The molecule has 1 saturated heterocycles. The molecule has 5 nitrogen and oxygen atoms in total. The third kappa shape index (κ3) is 2.31. The van der Waals surface area contributed by atoms with Gasteiger partial charge in [-0.3, -0.25) is 0 Å². The van der Waals surface area contributed by atoms with E-state index in [0.29, 0.717) is 11.5 Å². The van der Waals surface area contributed by atoms with Crippen molar-refractivity contribution >= 4 is 15.8 Å². The Morgan fingerprint density at radius 2 is 2.47 bits per heavy atom. The van der Waals surface area contributed by atoms with Gasteiger partial charge in [0.25, 0.3) is 0 Å². The lowest BCUT2D eigenvalue weighted by molar-refractivity contribution is 0.494. The molecule has 0 spiro atoms. The third-order valence-electron chi connectivity index (χ3n) is 2.72. The van der Waals surface area contributed by atoms with Crippen molar-refractivity contribution in [2.75, 3.05) is 23.9 Å². The Bertz CT molecular complexity index is 438. The van der Waals surface area contributed by atoms with Crippen LogP contribution >= 0.6 is 0 Å². The Balaban J connectivity index is 2.04. The number of hydrogen-bond acceptors (Lipinski definition) is 4. The van der Waals surface area contributed by atoms with Gasteiger partial charge >= 0.3 is 0 Å². The molecular formula is C9H15N3O2S. The molecule has 0 saturated carbocycles. The summed E-state index contributed by atoms with van der Waals surface area (Å²) in [5.41, 5.74) is 0. The summed E-state index contributed by atoms with van der Waals surface area (Å²) in [6, 6.07) is 0. The van der Waals surface area contributed by atoms with Crippen molar-refractivity contribution in [2.24, 2.45) is 5.92 Å². The summed E-state index contributed by atoms with van der Waals surface area (Å²) >= 11 is 0. The predicted octanol–water partition coefficient (Wildman–Crippen LogP) is 0.360. The van der Waals surface area contributed by atoms with Crippen molar-refractivity contribution in [1.82, 2.24) is 9.55 Å². The Labute approximate surface area is 89.4 Å². The van der Waals surface area contributed by atoms with Gasteiger partial charge in [0.15, 0.2) is 9.84 Å². The van der Waals surface area contributed by atoms with Gasteiger partial charge in [0.05, 0.1) is 11.5 Å². The number of hydrogen-bond donors (Lipinski definition) is 1. The van der Waals surface area contributed by atoms with Crippen LogP contribution in [0.4, 0.5) is 5.95 Å². The zero-order chi connectivity index (χ0) is 10.9. The van der Waals surface area contributed by atoms with Crippen LogP contribution in [0.15, 0.2) is 12.4 Å². The Hall–Kier alpha value is -1.04. The van der Waals surface area contributed by atoms with E-state index in [1.807, 2.05) is 17.8 Å². The maximum Gasteiger partial charge on any atom is 0.202 e. The summed E-state index contributed by atoms with van der Waals surface area (Å²) in [7, 11) is -0.963. The predicted molar refractivity (Wildman–Crippen MR) is 58.5 cm³/mol. The van der Waals surface area contributed by atoms with Crippen LogP contribution < -0.4 is 5.32 Å². The van der Waals surface area contributed by atoms with E-state index in [9.17, 15) is 8.42 Å². The maximum absolute atomic E-state index is 11.3. The standard InChI is InChI=1S/C9H15N3O2S/c1-10-9-11-3-4-12(9)6-8-2-5-15(13,14)7-8/h3-4,8H,2,5-7H2,1H3,(H,10,11). The maximum atomic E-state index is 11.3. The fraction of sp³-hybridized carbons (Fsp3) is 0.667. The first-order chi connectivity index (χ1) is 7.11. The first kappa shape index (κ1) is 10.5. The van der Waals surface area contributed by atoms with E-state index in [1.54, 1.807) is 6.20 Å². The highest BCUT2D eigenvalue weighted by Crippen LogP contribution is 2.21. The van der Waals surface area contributed by atoms with Crippen LogP contribution in [0.25, 0.3) is 0 Å². The van der Waals surface area contributed by atoms with Gasteiger partial charge in [-0.2, -0.15) is 0 Å². The number of aromatic nitrogens is 2. The van der Waals surface area contributed by atoms with Crippen LogP contribution in [0.1, 0.15) is 6.42 Å². The fourth-order valence-electron chi connectivity index (χ4n) is 1.98. The van der Waals surface area contributed by atoms with Gasteiger partial charge in [-0.25, -0.2) is 13.4 Å². The van der Waals surface area contributed by atoms with Crippen molar-refractivity contribution in [3.8, 4) is 0 Å². The Kier molecular flexibility index (Phi) is 2.68. The van der Waals surface area contributed by atoms with E-state index in [2.05, 4.69) is 10.3 Å². The molecule has 1 aliphatic heterocycles. The molecule has 0 aromatic carbocycles. The summed E-state index contributed by atoms with van der Waals surface area (Å²) in [4.78, 5) is 4.12. The fourth-order valence-corrected chi connectivity index (χ4v) is 3.83. The topological polar surface area (TPSA) is 64.0 Å². The first-order valence-corrected chi connectivity index (χ1v) is 6.82. The second kappa shape index (κ2) is 3.84. The van der Waals surface area contributed by atoms with Crippen LogP contribution in [0.3, 0.4) is 0 Å². The van der Waals surface area contributed by atoms with E-state index >= 15 is 0 Å². The van der Waals surface area contributed by atoms with Crippen LogP contribution in [0, 0.1) is 5.92 Å². The molecule has 6 heteroatoms. The summed E-state index contributed by atoms with van der Waals surface area (Å²) in [6.45, 7) is 0.732. The van der Waals surface area contributed by atoms with E-state index < -0.39 is 9.84 Å². The van der Waals surface area contributed by atoms with E-state index in [0.717, 1.165) is 18.9 Å². The SMILES string of the molecule is CNc1nccn1CC1CCS(=O)(=O)C1. The highest BCUT2D eigenvalue weighted by atomic mass is 32.2. The van der Waals surface area contributed by atoms with Crippen molar-refractivity contribution in [3.05, 3.63) is 12.4 Å². The van der Waals surface area contributed by atoms with Crippen molar-refractivity contribution in [1.29, 1.82) is 0 Å². The lowest BCUT2D eigenvalue weighted by Gasteiger charge is -2.11. The lowest BCUT2D eigenvalue weighted by Crippen LogP contribution is -2.13. The Morgan fingerprint density at radius 1 is 1.67 bits per heavy atom. The molecular weight excluding hydrogens is 214 g/mol. The van der Waals surface area contributed by atoms with E-state index in [-0.39, 0.29) is 5.92 Å². The second-order valence-electron chi connectivity index (χ2n) is 3.92. The van der Waals surface area contributed by atoms with Gasteiger partial charge in [-0.1, -0.05) is 0 Å². The number of imidazole rings is 1. The van der Waals surface area contributed by atoms with Gasteiger partial charge in [0.2, 0.25) is 5.95 Å². The van der Waals surface area contributed by atoms with Gasteiger partial charge < -0.3 is 9.88 Å². The lowest BCUT2D eigenvalue weighted by atomic mass is 10.1. The van der Waals surface area contributed by atoms with Crippen LogP contribution in [0.5, 0.6) is 0 Å². The molecule has 1 aromatic rings. The molecule has 1 N–H and O–H groups in total. The number of rotatable bonds is 3. The highest BCUT2D eigenvalue weighted by molar-refractivity contribution is 7.91. The molecule has 1 aromatic heterocycles. The summed E-state index contributed by atoms with van der Waals surface area (Å²) < 4.78 is 24.5. The van der Waals surface area contributed by atoms with Crippen molar-refractivity contribution in [2.45, 2.75) is 13.0 Å². The molecule has 2 heterocycles. The van der Waals surface area contributed by atoms with Gasteiger partial charge in [-0.15, -0.1) is 0 Å². The van der Waals surface area contributed by atoms with Crippen molar-refractivity contribution in [3.63, 3.8) is 0 Å². The number of nitrogens with zero attached hydrogens (tertiary/aromatic N) is 2. The van der Waals surface area contributed by atoms with Gasteiger partial charge in [0, 0.05) is 26.0 Å². The molecule has 0 amide bonds. The molecule has 1 fully saturated rings. The van der Waals surface area contributed by atoms with Gasteiger partial charge in [-0.05, 0) is 12.3 Å². The van der Waals surface area contributed by atoms with E-state index in [1.165, 1.54) is 0 Å². The second-order valence-corrected chi connectivity index (χ2v) is 6.15. The largest absolute Gasteiger partial charge is 0.359 e. The average Bonchev–Trinajstić information content (AvgIpc) is 2.73. The molecule has 1 unspecified atom stereocenters. The number of anilines is 1. The van der Waals surface area contributed by atoms with Crippen LogP contribution in [-0.2, 0) is 16.4 Å². The molecule has 1 atom stereocenters. The highest BCUT2D eigenvalue weighted by Gasteiger charge is 2.28. The minimum Gasteiger partial charge on any atom is -0.359 e. The summed E-state index contributed by atoms with van der Waals surface area (Å²) in [6.07, 6.45) is 4.36. The first-order valence-electron chi connectivity index (χ1n) is 5.00. The summed E-state index contributed by atoms with van der Waals surface area (Å²) in [5.74, 6) is 1.67. The molecule has 15 heavy (non-hydrogen) atoms. The number of sulfone groups is 1. The molecule has 0 bridgehead atoms. The Morgan fingerprint density at radius 3 is 3.07 bits per heavy atom. The smallest absolute Gasteiger partial charge is 0.202 e. The number of nitrogens with one attached hydrogen (secondary N) is 1. The zero-order valence-electron chi connectivity index (χ0n) is 8.68. The molecule has 0 aliphatic carbocycles. The zero-order valence-corrected chi connectivity index (χ0v) is 9.50. The molecule has 0 radical (unpaired) electrons. The van der Waals surface area contributed by atoms with E-state index in [4.69, 9.17) is 0 Å². The summed E-state index contributed by atoms with van der Waals surface area (Å²) in [5, 5.41) is 2.97.